The summed E-state index contributed by atoms with van der Waals surface area (Å²) in [5, 5.41) is 9.81. The number of halogens is 1. The summed E-state index contributed by atoms with van der Waals surface area (Å²) in [5.74, 6) is 0. The maximum atomic E-state index is 9.11. The molecule has 1 unspecified atom stereocenters. The van der Waals surface area contributed by atoms with Crippen LogP contribution in [0.3, 0.4) is 0 Å². The first-order valence-corrected chi connectivity index (χ1v) is 4.80. The van der Waals surface area contributed by atoms with Crippen molar-refractivity contribution in [3.8, 4) is 0 Å². The number of ether oxygens (including phenoxy) is 1. The Bertz CT molecular complexity index is 263. The molecular weight excluding hydrogens is 202 g/mol. The summed E-state index contributed by atoms with van der Waals surface area (Å²) in [6, 6.07) is 7.38. The summed E-state index contributed by atoms with van der Waals surface area (Å²) in [6.07, 6.45) is -0.581. The van der Waals surface area contributed by atoms with Crippen molar-refractivity contribution in [2.45, 2.75) is 12.7 Å². The summed E-state index contributed by atoms with van der Waals surface area (Å²) in [7, 11) is 0. The number of aliphatic hydroxyl groups is 1. The van der Waals surface area contributed by atoms with Gasteiger partial charge in [0.15, 0.2) is 0 Å². The van der Waals surface area contributed by atoms with Gasteiger partial charge in [-0.2, -0.15) is 0 Å². The Morgan fingerprint density at radius 1 is 1.36 bits per heavy atom. The van der Waals surface area contributed by atoms with E-state index in [1.165, 1.54) is 0 Å². The fourth-order valence-corrected chi connectivity index (χ4v) is 1.09. The van der Waals surface area contributed by atoms with E-state index in [1.54, 1.807) is 12.1 Å². The molecule has 3 N–H and O–H groups in total. The topological polar surface area (TPSA) is 55.5 Å². The Labute approximate surface area is 88.4 Å². The molecule has 14 heavy (non-hydrogen) atoms. The van der Waals surface area contributed by atoms with Crippen molar-refractivity contribution < 1.29 is 9.84 Å². The fourth-order valence-electron chi connectivity index (χ4n) is 0.961. The van der Waals surface area contributed by atoms with Gasteiger partial charge in [-0.3, -0.25) is 0 Å². The molecule has 0 aliphatic carbocycles. The van der Waals surface area contributed by atoms with Crippen LogP contribution in [0.5, 0.6) is 0 Å². The van der Waals surface area contributed by atoms with Crippen LogP contribution in [0.15, 0.2) is 24.3 Å². The lowest BCUT2D eigenvalue weighted by atomic mass is 10.2. The van der Waals surface area contributed by atoms with E-state index in [1.807, 2.05) is 12.1 Å². The predicted octanol–water partition coefficient (Wildman–Crippen LogP) is 1.18. The molecule has 0 spiro atoms. The molecule has 0 saturated heterocycles. The minimum absolute atomic E-state index is 0.223. The van der Waals surface area contributed by atoms with Gasteiger partial charge in [-0.15, -0.1) is 0 Å². The standard InChI is InChI=1S/C10H14ClNO2/c11-9-3-1-8(2-4-9)6-14-7-10(13)5-12/h1-4,10,13H,5-7,12H2. The molecule has 0 bridgehead atoms. The van der Waals surface area contributed by atoms with E-state index in [4.69, 9.17) is 27.2 Å². The average Bonchev–Trinajstić information content (AvgIpc) is 2.21. The molecule has 4 heteroatoms. The molecule has 0 saturated carbocycles. The van der Waals surface area contributed by atoms with E-state index in [0.29, 0.717) is 11.6 Å². The number of hydrogen-bond donors (Lipinski definition) is 2. The summed E-state index contributed by atoms with van der Waals surface area (Å²) in [5.41, 5.74) is 6.25. The second-order valence-corrected chi connectivity index (χ2v) is 3.47. The summed E-state index contributed by atoms with van der Waals surface area (Å²) < 4.78 is 5.24. The zero-order valence-electron chi connectivity index (χ0n) is 7.82. The van der Waals surface area contributed by atoms with Gasteiger partial charge in [0, 0.05) is 11.6 Å². The Morgan fingerprint density at radius 2 is 2.00 bits per heavy atom. The van der Waals surface area contributed by atoms with Gasteiger partial charge in [-0.05, 0) is 17.7 Å². The molecular formula is C10H14ClNO2. The maximum absolute atomic E-state index is 9.11. The average molecular weight is 216 g/mol. The minimum Gasteiger partial charge on any atom is -0.389 e. The van der Waals surface area contributed by atoms with Gasteiger partial charge < -0.3 is 15.6 Å². The van der Waals surface area contributed by atoms with Crippen molar-refractivity contribution in [2.75, 3.05) is 13.2 Å². The molecule has 0 amide bonds. The molecule has 0 fully saturated rings. The van der Waals surface area contributed by atoms with Crippen LogP contribution in [-0.4, -0.2) is 24.4 Å². The van der Waals surface area contributed by atoms with Gasteiger partial charge in [0.05, 0.1) is 19.3 Å². The molecule has 0 heterocycles. The Morgan fingerprint density at radius 3 is 2.57 bits per heavy atom. The highest BCUT2D eigenvalue weighted by Gasteiger charge is 2.00. The molecule has 1 aromatic carbocycles. The van der Waals surface area contributed by atoms with Crippen molar-refractivity contribution >= 4 is 11.6 Å². The largest absolute Gasteiger partial charge is 0.389 e. The quantitative estimate of drug-likeness (QED) is 0.776. The van der Waals surface area contributed by atoms with Crippen molar-refractivity contribution in [3.05, 3.63) is 34.9 Å². The Kier molecular flexibility index (Phi) is 4.90. The van der Waals surface area contributed by atoms with Crippen molar-refractivity contribution in [1.29, 1.82) is 0 Å². The first-order chi connectivity index (χ1) is 6.72. The van der Waals surface area contributed by atoms with Crippen LogP contribution in [-0.2, 0) is 11.3 Å². The Balaban J connectivity index is 2.28. The molecule has 0 aromatic heterocycles. The zero-order chi connectivity index (χ0) is 10.4. The second-order valence-electron chi connectivity index (χ2n) is 3.03. The molecule has 3 nitrogen and oxygen atoms in total. The molecule has 0 aliphatic heterocycles. The summed E-state index contributed by atoms with van der Waals surface area (Å²) in [6.45, 7) is 0.952. The molecule has 1 aromatic rings. The number of hydrogen-bond acceptors (Lipinski definition) is 3. The molecule has 1 rings (SSSR count). The van der Waals surface area contributed by atoms with Gasteiger partial charge in [0.25, 0.3) is 0 Å². The van der Waals surface area contributed by atoms with Crippen LogP contribution in [0.2, 0.25) is 5.02 Å². The number of nitrogens with two attached hydrogens (primary N) is 1. The molecule has 78 valence electrons. The lowest BCUT2D eigenvalue weighted by molar-refractivity contribution is 0.0329. The van der Waals surface area contributed by atoms with E-state index < -0.39 is 6.10 Å². The van der Waals surface area contributed by atoms with E-state index in [9.17, 15) is 0 Å². The highest BCUT2D eigenvalue weighted by Crippen LogP contribution is 2.10. The first kappa shape index (κ1) is 11.5. The van der Waals surface area contributed by atoms with Gasteiger partial charge in [0.2, 0.25) is 0 Å². The van der Waals surface area contributed by atoms with E-state index in [2.05, 4.69) is 0 Å². The number of aliphatic hydroxyl groups excluding tert-OH is 1. The van der Waals surface area contributed by atoms with Crippen LogP contribution >= 0.6 is 11.6 Å². The van der Waals surface area contributed by atoms with Crippen LogP contribution in [0.4, 0.5) is 0 Å². The third-order valence-electron chi connectivity index (χ3n) is 1.76. The van der Waals surface area contributed by atoms with Crippen molar-refractivity contribution in [3.63, 3.8) is 0 Å². The SMILES string of the molecule is NCC(O)COCc1ccc(Cl)cc1. The van der Waals surface area contributed by atoms with Crippen LogP contribution in [0.1, 0.15) is 5.56 Å². The summed E-state index contributed by atoms with van der Waals surface area (Å²) in [4.78, 5) is 0. The second kappa shape index (κ2) is 5.98. The number of benzene rings is 1. The monoisotopic (exact) mass is 215 g/mol. The van der Waals surface area contributed by atoms with E-state index in [-0.39, 0.29) is 13.2 Å². The third kappa shape index (κ3) is 4.07. The molecule has 0 radical (unpaired) electrons. The van der Waals surface area contributed by atoms with E-state index in [0.717, 1.165) is 5.56 Å². The van der Waals surface area contributed by atoms with Gasteiger partial charge in [0.1, 0.15) is 0 Å². The Hall–Kier alpha value is -0.610. The predicted molar refractivity (Wildman–Crippen MR) is 56.2 cm³/mol. The minimum atomic E-state index is -0.581. The van der Waals surface area contributed by atoms with Crippen LogP contribution in [0, 0.1) is 0 Å². The smallest absolute Gasteiger partial charge is 0.0895 e. The molecule has 1 atom stereocenters. The first-order valence-electron chi connectivity index (χ1n) is 4.42. The molecule has 0 aliphatic rings. The van der Waals surface area contributed by atoms with Crippen LogP contribution in [0.25, 0.3) is 0 Å². The van der Waals surface area contributed by atoms with E-state index >= 15 is 0 Å². The van der Waals surface area contributed by atoms with Crippen molar-refractivity contribution in [2.24, 2.45) is 5.73 Å². The highest BCUT2D eigenvalue weighted by molar-refractivity contribution is 6.30. The lowest BCUT2D eigenvalue weighted by Crippen LogP contribution is -2.24. The zero-order valence-corrected chi connectivity index (χ0v) is 8.57. The van der Waals surface area contributed by atoms with Crippen LogP contribution < -0.4 is 5.73 Å². The van der Waals surface area contributed by atoms with Crippen molar-refractivity contribution in [1.82, 2.24) is 0 Å². The maximum Gasteiger partial charge on any atom is 0.0895 e. The lowest BCUT2D eigenvalue weighted by Gasteiger charge is -2.08. The normalized spacial score (nSPS) is 12.8. The summed E-state index contributed by atoms with van der Waals surface area (Å²) >= 11 is 5.72. The number of rotatable bonds is 5. The third-order valence-corrected chi connectivity index (χ3v) is 2.02. The van der Waals surface area contributed by atoms with Gasteiger partial charge in [-0.25, -0.2) is 0 Å². The fraction of sp³-hybridized carbons (Fsp3) is 0.400. The highest BCUT2D eigenvalue weighted by atomic mass is 35.5. The van der Waals surface area contributed by atoms with Gasteiger partial charge >= 0.3 is 0 Å². The van der Waals surface area contributed by atoms with Gasteiger partial charge in [-0.1, -0.05) is 23.7 Å².